The molecule has 0 unspecified atom stereocenters. The molecule has 7 heteroatoms. The highest BCUT2D eigenvalue weighted by molar-refractivity contribution is 5.95. The highest BCUT2D eigenvalue weighted by Gasteiger charge is 2.13. The van der Waals surface area contributed by atoms with Crippen molar-refractivity contribution in [2.24, 2.45) is 0 Å². The molecule has 0 aromatic heterocycles. The van der Waals surface area contributed by atoms with E-state index in [1.807, 2.05) is 0 Å². The van der Waals surface area contributed by atoms with Crippen LogP contribution in [0.3, 0.4) is 0 Å². The van der Waals surface area contributed by atoms with Crippen LogP contribution in [-0.2, 0) is 14.3 Å². The first-order chi connectivity index (χ1) is 9.58. The van der Waals surface area contributed by atoms with Crippen molar-refractivity contribution in [3.63, 3.8) is 0 Å². The predicted octanol–water partition coefficient (Wildman–Crippen LogP) is 0.787. The number of rotatable bonds is 7. The summed E-state index contributed by atoms with van der Waals surface area (Å²) in [4.78, 5) is 22.9. The van der Waals surface area contributed by atoms with E-state index in [1.54, 1.807) is 7.11 Å². The first-order valence-corrected chi connectivity index (χ1v) is 5.96. The van der Waals surface area contributed by atoms with Crippen LogP contribution in [0.1, 0.15) is 10.4 Å². The number of ether oxygens (including phenoxy) is 2. The van der Waals surface area contributed by atoms with Gasteiger partial charge in [-0.15, -0.1) is 0 Å². The second kappa shape index (κ2) is 8.23. The third-order valence-electron chi connectivity index (χ3n) is 2.42. The fraction of sp³-hybridized carbons (Fsp3) is 0.385. The van der Waals surface area contributed by atoms with Crippen molar-refractivity contribution in [1.29, 1.82) is 0 Å². The van der Waals surface area contributed by atoms with Crippen molar-refractivity contribution in [3.8, 4) is 0 Å². The van der Waals surface area contributed by atoms with Crippen LogP contribution in [0, 0.1) is 5.82 Å². The van der Waals surface area contributed by atoms with Gasteiger partial charge in [0.05, 0.1) is 25.8 Å². The average Bonchev–Trinajstić information content (AvgIpc) is 2.45. The van der Waals surface area contributed by atoms with E-state index in [2.05, 4.69) is 15.4 Å². The van der Waals surface area contributed by atoms with Crippen LogP contribution in [0.4, 0.5) is 10.1 Å². The molecule has 1 rings (SSSR count). The van der Waals surface area contributed by atoms with Gasteiger partial charge in [0.25, 0.3) is 0 Å². The van der Waals surface area contributed by atoms with E-state index < -0.39 is 11.8 Å². The van der Waals surface area contributed by atoms with E-state index in [4.69, 9.17) is 4.74 Å². The van der Waals surface area contributed by atoms with Crippen molar-refractivity contribution < 1.29 is 23.5 Å². The van der Waals surface area contributed by atoms with E-state index in [-0.39, 0.29) is 18.0 Å². The Labute approximate surface area is 116 Å². The number of hydrogen-bond acceptors (Lipinski definition) is 5. The first-order valence-electron chi connectivity index (χ1n) is 5.96. The standard InChI is InChI=1S/C13H17FN2O4/c1-19-6-5-15-8-12(17)16-9-3-4-11(14)10(7-9)13(18)20-2/h3-4,7,15H,5-6,8H2,1-2H3,(H,16,17). The summed E-state index contributed by atoms with van der Waals surface area (Å²) in [7, 11) is 2.72. The summed E-state index contributed by atoms with van der Waals surface area (Å²) in [6.07, 6.45) is 0. The number of methoxy groups -OCH3 is 2. The fourth-order valence-electron chi connectivity index (χ4n) is 1.45. The van der Waals surface area contributed by atoms with E-state index >= 15 is 0 Å². The molecule has 1 amide bonds. The molecule has 0 fully saturated rings. The summed E-state index contributed by atoms with van der Waals surface area (Å²) >= 11 is 0. The Bertz CT molecular complexity index is 479. The normalized spacial score (nSPS) is 10.2. The average molecular weight is 284 g/mol. The molecule has 20 heavy (non-hydrogen) atoms. The molecule has 6 nitrogen and oxygen atoms in total. The monoisotopic (exact) mass is 284 g/mol. The maximum Gasteiger partial charge on any atom is 0.340 e. The number of halogens is 1. The molecule has 110 valence electrons. The number of carbonyl (C=O) groups is 2. The second-order valence-corrected chi connectivity index (χ2v) is 3.90. The quantitative estimate of drug-likeness (QED) is 0.572. The van der Waals surface area contributed by atoms with Crippen molar-refractivity contribution in [3.05, 3.63) is 29.6 Å². The Morgan fingerprint density at radius 1 is 1.30 bits per heavy atom. The molecule has 0 saturated carbocycles. The fourth-order valence-corrected chi connectivity index (χ4v) is 1.45. The second-order valence-electron chi connectivity index (χ2n) is 3.90. The van der Waals surface area contributed by atoms with Gasteiger partial charge in [-0.2, -0.15) is 0 Å². The summed E-state index contributed by atoms with van der Waals surface area (Å²) in [5, 5.41) is 5.41. The van der Waals surface area contributed by atoms with E-state index in [0.717, 1.165) is 13.2 Å². The summed E-state index contributed by atoms with van der Waals surface area (Å²) in [6, 6.07) is 3.70. The minimum Gasteiger partial charge on any atom is -0.465 e. The van der Waals surface area contributed by atoms with Crippen molar-refractivity contribution in [1.82, 2.24) is 5.32 Å². The van der Waals surface area contributed by atoms with Crippen molar-refractivity contribution in [2.75, 3.05) is 39.2 Å². The lowest BCUT2D eigenvalue weighted by molar-refractivity contribution is -0.115. The van der Waals surface area contributed by atoms with Gasteiger partial charge in [-0.3, -0.25) is 4.79 Å². The van der Waals surface area contributed by atoms with Crippen LogP contribution >= 0.6 is 0 Å². The molecular weight excluding hydrogens is 267 g/mol. The number of esters is 1. The van der Waals surface area contributed by atoms with E-state index in [1.165, 1.54) is 12.1 Å². The first kappa shape index (κ1) is 16.1. The van der Waals surface area contributed by atoms with Gasteiger partial charge in [-0.1, -0.05) is 0 Å². The number of benzene rings is 1. The Balaban J connectivity index is 2.59. The van der Waals surface area contributed by atoms with Gasteiger partial charge in [0.15, 0.2) is 0 Å². The third-order valence-corrected chi connectivity index (χ3v) is 2.42. The molecule has 1 aromatic rings. The lowest BCUT2D eigenvalue weighted by atomic mass is 10.2. The van der Waals surface area contributed by atoms with Gasteiger partial charge < -0.3 is 20.1 Å². The molecule has 1 aromatic carbocycles. The smallest absolute Gasteiger partial charge is 0.340 e. The van der Waals surface area contributed by atoms with Crippen LogP contribution in [0.2, 0.25) is 0 Å². The van der Waals surface area contributed by atoms with Gasteiger partial charge in [-0.25, -0.2) is 9.18 Å². The molecule has 0 aliphatic heterocycles. The van der Waals surface area contributed by atoms with Gasteiger partial charge in [0, 0.05) is 19.3 Å². The van der Waals surface area contributed by atoms with E-state index in [9.17, 15) is 14.0 Å². The Morgan fingerprint density at radius 3 is 2.70 bits per heavy atom. The maximum atomic E-state index is 13.4. The Kier molecular flexibility index (Phi) is 6.61. The molecule has 0 aliphatic rings. The lowest BCUT2D eigenvalue weighted by Gasteiger charge is -2.08. The SMILES string of the molecule is COCCNCC(=O)Nc1ccc(F)c(C(=O)OC)c1. The van der Waals surface area contributed by atoms with Gasteiger partial charge in [0.2, 0.25) is 5.91 Å². The lowest BCUT2D eigenvalue weighted by Crippen LogP contribution is -2.30. The molecule has 0 bridgehead atoms. The van der Waals surface area contributed by atoms with Crippen molar-refractivity contribution in [2.45, 2.75) is 0 Å². The molecule has 0 heterocycles. The van der Waals surface area contributed by atoms with Gasteiger partial charge in [0.1, 0.15) is 5.82 Å². The Morgan fingerprint density at radius 2 is 2.05 bits per heavy atom. The highest BCUT2D eigenvalue weighted by atomic mass is 19.1. The maximum absolute atomic E-state index is 13.4. The summed E-state index contributed by atoms with van der Waals surface area (Å²) in [5.41, 5.74) is 0.1000. The minimum atomic E-state index is -0.795. The zero-order valence-electron chi connectivity index (χ0n) is 11.4. The number of anilines is 1. The molecule has 0 atom stereocenters. The van der Waals surface area contributed by atoms with Crippen LogP contribution in [0.5, 0.6) is 0 Å². The van der Waals surface area contributed by atoms with Crippen LogP contribution < -0.4 is 10.6 Å². The summed E-state index contributed by atoms with van der Waals surface area (Å²) in [6.45, 7) is 1.13. The topological polar surface area (TPSA) is 76.7 Å². The van der Waals surface area contributed by atoms with Crippen LogP contribution in [0.15, 0.2) is 18.2 Å². The van der Waals surface area contributed by atoms with E-state index in [0.29, 0.717) is 18.8 Å². The zero-order valence-corrected chi connectivity index (χ0v) is 11.4. The van der Waals surface area contributed by atoms with Crippen LogP contribution in [-0.4, -0.2) is 45.8 Å². The molecule has 0 radical (unpaired) electrons. The number of carbonyl (C=O) groups excluding carboxylic acids is 2. The molecule has 0 spiro atoms. The molecule has 0 aliphatic carbocycles. The third kappa shape index (κ3) is 4.94. The van der Waals surface area contributed by atoms with Gasteiger partial charge >= 0.3 is 5.97 Å². The minimum absolute atomic E-state index is 0.0916. The van der Waals surface area contributed by atoms with Crippen LogP contribution in [0.25, 0.3) is 0 Å². The zero-order chi connectivity index (χ0) is 15.0. The summed E-state index contributed by atoms with van der Waals surface area (Å²) < 4.78 is 22.7. The molecule has 2 N–H and O–H groups in total. The largest absolute Gasteiger partial charge is 0.465 e. The molecular formula is C13H17FN2O4. The van der Waals surface area contributed by atoms with Crippen molar-refractivity contribution >= 4 is 17.6 Å². The predicted molar refractivity (Wildman–Crippen MR) is 71.1 cm³/mol. The number of hydrogen-bond donors (Lipinski definition) is 2. The Hall–Kier alpha value is -1.99. The molecule has 0 saturated heterocycles. The summed E-state index contributed by atoms with van der Waals surface area (Å²) in [5.74, 6) is -1.80. The number of nitrogens with one attached hydrogen (secondary N) is 2. The number of amides is 1. The highest BCUT2D eigenvalue weighted by Crippen LogP contribution is 2.15. The van der Waals surface area contributed by atoms with Gasteiger partial charge in [-0.05, 0) is 18.2 Å².